The number of carbonyl (C=O) groups excluding carboxylic acids is 1. The first-order valence-corrected chi connectivity index (χ1v) is 6.57. The summed E-state index contributed by atoms with van der Waals surface area (Å²) in [4.78, 5) is 16.2. The lowest BCUT2D eigenvalue weighted by molar-refractivity contribution is 0.0931. The van der Waals surface area contributed by atoms with Gasteiger partial charge >= 0.3 is 0 Å². The van der Waals surface area contributed by atoms with E-state index in [4.69, 9.17) is 10.2 Å². The SMILES string of the molecule is CC(NC(=O)c1csc(CCN)n1)c1ccco1. The van der Waals surface area contributed by atoms with Gasteiger partial charge in [-0.3, -0.25) is 4.79 Å². The summed E-state index contributed by atoms with van der Waals surface area (Å²) in [5, 5.41) is 5.46. The minimum Gasteiger partial charge on any atom is -0.467 e. The molecule has 1 atom stereocenters. The van der Waals surface area contributed by atoms with Crippen molar-refractivity contribution in [1.82, 2.24) is 10.3 Å². The minimum absolute atomic E-state index is 0.174. The number of hydrogen-bond acceptors (Lipinski definition) is 5. The third kappa shape index (κ3) is 2.96. The Kier molecular flexibility index (Phi) is 4.11. The molecule has 1 amide bonds. The summed E-state index contributed by atoms with van der Waals surface area (Å²) in [6, 6.07) is 3.44. The summed E-state index contributed by atoms with van der Waals surface area (Å²) in [6.45, 7) is 2.40. The van der Waals surface area contributed by atoms with E-state index in [9.17, 15) is 4.79 Å². The molecule has 2 heterocycles. The average molecular weight is 265 g/mol. The molecule has 0 saturated carbocycles. The number of nitrogens with zero attached hydrogens (tertiary/aromatic N) is 1. The van der Waals surface area contributed by atoms with Crippen molar-refractivity contribution in [2.45, 2.75) is 19.4 Å². The third-order valence-corrected chi connectivity index (χ3v) is 3.37. The van der Waals surface area contributed by atoms with Crippen LogP contribution in [0.3, 0.4) is 0 Å². The molecular weight excluding hydrogens is 250 g/mol. The van der Waals surface area contributed by atoms with Crippen molar-refractivity contribution >= 4 is 17.2 Å². The molecular formula is C12H15N3O2S. The van der Waals surface area contributed by atoms with E-state index in [2.05, 4.69) is 10.3 Å². The highest BCUT2D eigenvalue weighted by Gasteiger charge is 2.15. The molecule has 0 saturated heterocycles. The molecule has 2 aromatic rings. The highest BCUT2D eigenvalue weighted by Crippen LogP contribution is 2.14. The number of hydrogen-bond donors (Lipinski definition) is 2. The maximum atomic E-state index is 11.9. The lowest BCUT2D eigenvalue weighted by Gasteiger charge is -2.09. The van der Waals surface area contributed by atoms with Gasteiger partial charge in [-0.25, -0.2) is 4.98 Å². The van der Waals surface area contributed by atoms with Crippen LogP contribution >= 0.6 is 11.3 Å². The predicted octanol–water partition coefficient (Wildman–Crippen LogP) is 1.73. The van der Waals surface area contributed by atoms with Crippen LogP contribution in [0.2, 0.25) is 0 Å². The molecule has 2 aromatic heterocycles. The number of aromatic nitrogens is 1. The van der Waals surface area contributed by atoms with Crippen LogP contribution in [0.15, 0.2) is 28.2 Å². The molecule has 0 spiro atoms. The molecule has 0 fully saturated rings. The van der Waals surface area contributed by atoms with Crippen molar-refractivity contribution in [3.8, 4) is 0 Å². The molecule has 6 heteroatoms. The van der Waals surface area contributed by atoms with Crippen molar-refractivity contribution in [3.05, 3.63) is 40.2 Å². The fourth-order valence-corrected chi connectivity index (χ4v) is 2.33. The maximum Gasteiger partial charge on any atom is 0.271 e. The van der Waals surface area contributed by atoms with E-state index in [0.717, 1.165) is 10.8 Å². The average Bonchev–Trinajstić information content (AvgIpc) is 3.00. The summed E-state index contributed by atoms with van der Waals surface area (Å²) in [5.74, 6) is 0.527. The standard InChI is InChI=1S/C12H15N3O2S/c1-8(10-3-2-6-17-10)14-12(16)9-7-18-11(15-9)4-5-13/h2-3,6-8H,4-5,13H2,1H3,(H,14,16). The van der Waals surface area contributed by atoms with Crippen molar-refractivity contribution in [1.29, 1.82) is 0 Å². The molecule has 5 nitrogen and oxygen atoms in total. The van der Waals surface area contributed by atoms with Crippen molar-refractivity contribution in [2.24, 2.45) is 5.73 Å². The van der Waals surface area contributed by atoms with E-state index < -0.39 is 0 Å². The molecule has 18 heavy (non-hydrogen) atoms. The topological polar surface area (TPSA) is 81.2 Å². The summed E-state index contributed by atoms with van der Waals surface area (Å²) in [7, 11) is 0. The van der Waals surface area contributed by atoms with Gasteiger partial charge in [-0.1, -0.05) is 0 Å². The van der Waals surface area contributed by atoms with Crippen molar-refractivity contribution in [3.63, 3.8) is 0 Å². The van der Waals surface area contributed by atoms with Gasteiger partial charge in [0.25, 0.3) is 5.91 Å². The van der Waals surface area contributed by atoms with Gasteiger partial charge in [0.2, 0.25) is 0 Å². The van der Waals surface area contributed by atoms with E-state index in [1.807, 2.05) is 13.0 Å². The fourth-order valence-electron chi connectivity index (χ4n) is 1.53. The summed E-state index contributed by atoms with van der Waals surface area (Å²) in [6.07, 6.45) is 2.28. The van der Waals surface area contributed by atoms with Crippen molar-refractivity contribution < 1.29 is 9.21 Å². The van der Waals surface area contributed by atoms with Gasteiger partial charge in [0, 0.05) is 11.8 Å². The van der Waals surface area contributed by atoms with Crippen LogP contribution in [0.1, 0.15) is 34.2 Å². The molecule has 2 rings (SSSR count). The Morgan fingerprint density at radius 3 is 3.17 bits per heavy atom. The first-order chi connectivity index (χ1) is 8.70. The van der Waals surface area contributed by atoms with Gasteiger partial charge in [0.1, 0.15) is 11.5 Å². The van der Waals surface area contributed by atoms with E-state index in [-0.39, 0.29) is 11.9 Å². The molecule has 0 radical (unpaired) electrons. The molecule has 0 aliphatic carbocycles. The zero-order valence-corrected chi connectivity index (χ0v) is 10.9. The summed E-state index contributed by atoms with van der Waals surface area (Å²) >= 11 is 1.45. The Morgan fingerprint density at radius 1 is 1.67 bits per heavy atom. The number of amides is 1. The Bertz CT molecular complexity index is 507. The maximum absolute atomic E-state index is 11.9. The van der Waals surface area contributed by atoms with E-state index >= 15 is 0 Å². The van der Waals surface area contributed by atoms with Gasteiger partial charge in [0.15, 0.2) is 0 Å². The lowest BCUT2D eigenvalue weighted by atomic mass is 10.2. The molecule has 0 aliphatic rings. The van der Waals surface area contributed by atoms with Crippen LogP contribution < -0.4 is 11.1 Å². The zero-order valence-electron chi connectivity index (χ0n) is 10.1. The fraction of sp³-hybridized carbons (Fsp3) is 0.333. The second-order valence-corrected chi connectivity index (χ2v) is 4.82. The highest BCUT2D eigenvalue weighted by molar-refractivity contribution is 7.09. The van der Waals surface area contributed by atoms with Crippen LogP contribution in [-0.2, 0) is 6.42 Å². The van der Waals surface area contributed by atoms with Crippen LogP contribution in [0, 0.1) is 0 Å². The number of nitrogens with one attached hydrogen (secondary N) is 1. The third-order valence-electron chi connectivity index (χ3n) is 2.46. The first kappa shape index (κ1) is 12.8. The number of rotatable bonds is 5. The molecule has 1 unspecified atom stereocenters. The molecule has 0 aromatic carbocycles. The number of furan rings is 1. The first-order valence-electron chi connectivity index (χ1n) is 5.69. The Hall–Kier alpha value is -1.66. The van der Waals surface area contributed by atoms with Gasteiger partial charge in [-0.15, -0.1) is 11.3 Å². The molecule has 3 N–H and O–H groups in total. The largest absolute Gasteiger partial charge is 0.467 e. The minimum atomic E-state index is -0.196. The van der Waals surface area contributed by atoms with E-state index in [1.165, 1.54) is 11.3 Å². The van der Waals surface area contributed by atoms with Gasteiger partial charge in [-0.05, 0) is 25.6 Å². The number of carbonyl (C=O) groups is 1. The van der Waals surface area contributed by atoms with Crippen molar-refractivity contribution in [2.75, 3.05) is 6.54 Å². The zero-order chi connectivity index (χ0) is 13.0. The van der Waals surface area contributed by atoms with Gasteiger partial charge in [0.05, 0.1) is 17.3 Å². The van der Waals surface area contributed by atoms with E-state index in [0.29, 0.717) is 18.7 Å². The quantitative estimate of drug-likeness (QED) is 0.862. The van der Waals surface area contributed by atoms with Crippen LogP contribution in [0.25, 0.3) is 0 Å². The highest BCUT2D eigenvalue weighted by atomic mass is 32.1. The number of thiazole rings is 1. The lowest BCUT2D eigenvalue weighted by Crippen LogP contribution is -2.26. The van der Waals surface area contributed by atoms with Crippen LogP contribution in [0.4, 0.5) is 0 Å². The Morgan fingerprint density at radius 2 is 2.50 bits per heavy atom. The molecule has 0 aliphatic heterocycles. The Labute approximate surface area is 109 Å². The molecule has 0 bridgehead atoms. The summed E-state index contributed by atoms with van der Waals surface area (Å²) in [5.41, 5.74) is 5.88. The second-order valence-electron chi connectivity index (χ2n) is 3.88. The molecule has 96 valence electrons. The predicted molar refractivity (Wildman–Crippen MR) is 69.5 cm³/mol. The monoisotopic (exact) mass is 265 g/mol. The number of nitrogens with two attached hydrogens (primary N) is 1. The normalized spacial score (nSPS) is 12.3. The van der Waals surface area contributed by atoms with E-state index in [1.54, 1.807) is 17.7 Å². The van der Waals surface area contributed by atoms with Gasteiger partial charge in [-0.2, -0.15) is 0 Å². The Balaban J connectivity index is 1.98. The second kappa shape index (κ2) is 5.79. The van der Waals surface area contributed by atoms with Crippen LogP contribution in [0.5, 0.6) is 0 Å². The summed E-state index contributed by atoms with van der Waals surface area (Å²) < 4.78 is 5.23. The van der Waals surface area contributed by atoms with Gasteiger partial charge < -0.3 is 15.5 Å². The smallest absolute Gasteiger partial charge is 0.271 e. The van der Waals surface area contributed by atoms with Crippen LogP contribution in [-0.4, -0.2) is 17.4 Å².